The molecule has 1 N–H and O–H groups in total. The van der Waals surface area contributed by atoms with Crippen LogP contribution in [0.25, 0.3) is 0 Å². The molecule has 0 aromatic rings. The van der Waals surface area contributed by atoms with E-state index < -0.39 is 5.60 Å². The molecule has 100 valence electrons. The monoisotopic (exact) mass is 254 g/mol. The summed E-state index contributed by atoms with van der Waals surface area (Å²) in [7, 11) is 0. The van der Waals surface area contributed by atoms with Crippen molar-refractivity contribution < 1.29 is 19.1 Å². The van der Waals surface area contributed by atoms with Gasteiger partial charge in [0.05, 0.1) is 5.92 Å². The third-order valence-corrected chi connectivity index (χ3v) is 3.14. The predicted molar refractivity (Wildman–Crippen MR) is 62.6 cm³/mol. The Hall–Kier alpha value is -1.59. The standard InChI is InChI=1S/C12H18N2O4/c1-12(2,3)18-11(17)14-5-7(6-14)8-4-9(15)13-10(8)16/h7-8H,4-6H2,1-3H3,(H,13,15,16). The van der Waals surface area contributed by atoms with E-state index >= 15 is 0 Å². The lowest BCUT2D eigenvalue weighted by molar-refractivity contribution is -0.127. The van der Waals surface area contributed by atoms with Crippen molar-refractivity contribution in [1.29, 1.82) is 0 Å². The molecular formula is C12H18N2O4. The minimum Gasteiger partial charge on any atom is -0.444 e. The highest BCUT2D eigenvalue weighted by molar-refractivity contribution is 6.03. The summed E-state index contributed by atoms with van der Waals surface area (Å²) in [6.45, 7) is 6.41. The molecule has 2 aliphatic rings. The van der Waals surface area contributed by atoms with Gasteiger partial charge in [-0.1, -0.05) is 0 Å². The fourth-order valence-corrected chi connectivity index (χ4v) is 2.20. The lowest BCUT2D eigenvalue weighted by Gasteiger charge is -2.41. The van der Waals surface area contributed by atoms with Crippen LogP contribution in [0.4, 0.5) is 4.79 Å². The lowest BCUT2D eigenvalue weighted by Crippen LogP contribution is -2.54. The van der Waals surface area contributed by atoms with Crippen LogP contribution in [0.1, 0.15) is 27.2 Å². The molecule has 2 heterocycles. The maximum absolute atomic E-state index is 11.7. The first kappa shape index (κ1) is 12.9. The van der Waals surface area contributed by atoms with Crippen LogP contribution in [0.5, 0.6) is 0 Å². The molecule has 0 saturated carbocycles. The molecule has 0 aromatic heterocycles. The zero-order valence-electron chi connectivity index (χ0n) is 10.9. The molecule has 0 aromatic carbocycles. The normalized spacial score (nSPS) is 24.8. The molecule has 6 nitrogen and oxygen atoms in total. The Labute approximate surface area is 106 Å². The van der Waals surface area contributed by atoms with Gasteiger partial charge in [0.25, 0.3) is 0 Å². The molecule has 2 rings (SSSR count). The maximum atomic E-state index is 11.7. The van der Waals surface area contributed by atoms with Gasteiger partial charge in [0.15, 0.2) is 0 Å². The van der Waals surface area contributed by atoms with E-state index in [4.69, 9.17) is 4.74 Å². The van der Waals surface area contributed by atoms with E-state index in [1.54, 1.807) is 4.90 Å². The van der Waals surface area contributed by atoms with Crippen molar-refractivity contribution in [3.63, 3.8) is 0 Å². The zero-order chi connectivity index (χ0) is 13.5. The van der Waals surface area contributed by atoms with Crippen molar-refractivity contribution in [2.24, 2.45) is 11.8 Å². The fraction of sp³-hybridized carbons (Fsp3) is 0.750. The summed E-state index contributed by atoms with van der Waals surface area (Å²) in [6.07, 6.45) is -0.116. The van der Waals surface area contributed by atoms with Gasteiger partial charge in [0.2, 0.25) is 11.8 Å². The van der Waals surface area contributed by atoms with Crippen LogP contribution >= 0.6 is 0 Å². The number of amides is 3. The van der Waals surface area contributed by atoms with Gasteiger partial charge in [-0.15, -0.1) is 0 Å². The Morgan fingerprint density at radius 3 is 2.39 bits per heavy atom. The van der Waals surface area contributed by atoms with Crippen LogP contribution in [0.15, 0.2) is 0 Å². The SMILES string of the molecule is CC(C)(C)OC(=O)N1CC(C2CC(=O)NC2=O)C1. The summed E-state index contributed by atoms with van der Waals surface area (Å²) in [5.74, 6) is -0.644. The summed E-state index contributed by atoms with van der Waals surface area (Å²) in [4.78, 5) is 35.8. The molecule has 3 amide bonds. The summed E-state index contributed by atoms with van der Waals surface area (Å²) < 4.78 is 5.22. The van der Waals surface area contributed by atoms with Crippen molar-refractivity contribution in [3.8, 4) is 0 Å². The van der Waals surface area contributed by atoms with Gasteiger partial charge in [-0.25, -0.2) is 4.79 Å². The smallest absolute Gasteiger partial charge is 0.410 e. The maximum Gasteiger partial charge on any atom is 0.410 e. The first-order valence-electron chi connectivity index (χ1n) is 6.08. The number of rotatable bonds is 1. The first-order valence-corrected chi connectivity index (χ1v) is 6.08. The van der Waals surface area contributed by atoms with Crippen molar-refractivity contribution in [2.45, 2.75) is 32.8 Å². The third-order valence-electron chi connectivity index (χ3n) is 3.14. The van der Waals surface area contributed by atoms with Gasteiger partial charge in [-0.3, -0.25) is 14.9 Å². The first-order chi connectivity index (χ1) is 8.26. The number of hydrogen-bond acceptors (Lipinski definition) is 4. The van der Waals surface area contributed by atoms with Gasteiger partial charge in [-0.05, 0) is 20.8 Å². The topological polar surface area (TPSA) is 75.7 Å². The van der Waals surface area contributed by atoms with Gasteiger partial charge >= 0.3 is 6.09 Å². The average Bonchev–Trinajstić information content (AvgIpc) is 2.39. The van der Waals surface area contributed by atoms with E-state index in [1.165, 1.54) is 0 Å². The number of carbonyl (C=O) groups is 3. The second-order valence-corrected chi connectivity index (χ2v) is 5.87. The fourth-order valence-electron chi connectivity index (χ4n) is 2.20. The minimum atomic E-state index is -0.511. The number of nitrogens with zero attached hydrogens (tertiary/aromatic N) is 1. The number of carbonyl (C=O) groups excluding carboxylic acids is 3. The second-order valence-electron chi connectivity index (χ2n) is 5.87. The Morgan fingerprint density at radius 2 is 1.94 bits per heavy atom. The molecule has 2 saturated heterocycles. The van der Waals surface area contributed by atoms with Crippen LogP contribution in [-0.4, -0.2) is 41.5 Å². The van der Waals surface area contributed by atoms with Crippen molar-refractivity contribution in [3.05, 3.63) is 0 Å². The number of ether oxygens (including phenoxy) is 1. The summed E-state index contributed by atoms with van der Waals surface area (Å²) in [6, 6.07) is 0. The molecule has 6 heteroatoms. The summed E-state index contributed by atoms with van der Waals surface area (Å²) in [5, 5.41) is 2.29. The second kappa shape index (κ2) is 4.26. The highest BCUT2D eigenvalue weighted by atomic mass is 16.6. The highest BCUT2D eigenvalue weighted by Crippen LogP contribution is 2.30. The van der Waals surface area contributed by atoms with Crippen LogP contribution in [-0.2, 0) is 14.3 Å². The van der Waals surface area contributed by atoms with Crippen LogP contribution in [0, 0.1) is 11.8 Å². The molecule has 18 heavy (non-hydrogen) atoms. The molecule has 0 aliphatic carbocycles. The van der Waals surface area contributed by atoms with Crippen LogP contribution in [0.3, 0.4) is 0 Å². The third kappa shape index (κ3) is 2.63. The molecule has 0 radical (unpaired) electrons. The van der Waals surface area contributed by atoms with Crippen molar-refractivity contribution in [2.75, 3.05) is 13.1 Å². The Balaban J connectivity index is 1.82. The van der Waals surface area contributed by atoms with E-state index in [2.05, 4.69) is 5.32 Å². The Bertz CT molecular complexity index is 393. The quantitative estimate of drug-likeness (QED) is 0.692. The highest BCUT2D eigenvalue weighted by Gasteiger charge is 2.44. The number of likely N-dealkylation sites (tertiary alicyclic amines) is 1. The average molecular weight is 254 g/mol. The molecule has 0 spiro atoms. The molecular weight excluding hydrogens is 236 g/mol. The summed E-state index contributed by atoms with van der Waals surface area (Å²) >= 11 is 0. The lowest BCUT2D eigenvalue weighted by atomic mass is 9.85. The van der Waals surface area contributed by atoms with Crippen molar-refractivity contribution >= 4 is 17.9 Å². The number of hydrogen-bond donors (Lipinski definition) is 1. The van der Waals surface area contributed by atoms with Crippen LogP contribution in [0.2, 0.25) is 0 Å². The van der Waals surface area contributed by atoms with Crippen molar-refractivity contribution in [1.82, 2.24) is 10.2 Å². The zero-order valence-corrected chi connectivity index (χ0v) is 10.9. The number of nitrogens with one attached hydrogen (secondary N) is 1. The predicted octanol–water partition coefficient (Wildman–Crippen LogP) is 0.516. The van der Waals surface area contributed by atoms with E-state index in [1.807, 2.05) is 20.8 Å². The van der Waals surface area contributed by atoms with E-state index in [0.29, 0.717) is 13.1 Å². The van der Waals surface area contributed by atoms with Gasteiger partial charge in [0, 0.05) is 25.4 Å². The van der Waals surface area contributed by atoms with Gasteiger partial charge in [0.1, 0.15) is 5.60 Å². The Kier molecular flexibility index (Phi) is 3.04. The molecule has 1 atom stereocenters. The number of imide groups is 1. The molecule has 1 unspecified atom stereocenters. The van der Waals surface area contributed by atoms with E-state index in [0.717, 1.165) is 0 Å². The molecule has 2 aliphatic heterocycles. The van der Waals surface area contributed by atoms with Gasteiger partial charge < -0.3 is 9.64 Å². The minimum absolute atomic E-state index is 0.0731. The molecule has 0 bridgehead atoms. The van der Waals surface area contributed by atoms with E-state index in [9.17, 15) is 14.4 Å². The van der Waals surface area contributed by atoms with Gasteiger partial charge in [-0.2, -0.15) is 0 Å². The molecule has 2 fully saturated rings. The van der Waals surface area contributed by atoms with E-state index in [-0.39, 0.29) is 36.2 Å². The largest absolute Gasteiger partial charge is 0.444 e. The summed E-state index contributed by atoms with van der Waals surface area (Å²) in [5.41, 5.74) is -0.511. The Morgan fingerprint density at radius 1 is 1.33 bits per heavy atom. The van der Waals surface area contributed by atoms with Crippen LogP contribution < -0.4 is 5.32 Å².